The first-order valence-corrected chi connectivity index (χ1v) is 4.09. The lowest BCUT2D eigenvalue weighted by Gasteiger charge is -2.09. The fourth-order valence-corrected chi connectivity index (χ4v) is 0.865. The molecule has 0 fully saturated rings. The molecule has 12 heavy (non-hydrogen) atoms. The molecule has 0 heterocycles. The zero-order chi connectivity index (χ0) is 8.81. The van der Waals surface area contributed by atoms with Crippen LogP contribution in [0.2, 0.25) is 0 Å². The molecular weight excluding hydrogens is 152 g/mol. The van der Waals surface area contributed by atoms with Crippen LogP contribution in [0.25, 0.3) is 0 Å². The highest BCUT2D eigenvalue weighted by Crippen LogP contribution is 2.02. The Hall–Kier alpha value is -0.860. The molecule has 1 N–H and O–H groups in total. The van der Waals surface area contributed by atoms with Crippen molar-refractivity contribution in [3.63, 3.8) is 0 Å². The molecular formula is C10H14O2. The summed E-state index contributed by atoms with van der Waals surface area (Å²) in [6, 6.07) is 9.93. The van der Waals surface area contributed by atoms with Gasteiger partial charge in [0.25, 0.3) is 0 Å². The molecule has 0 aliphatic carbocycles. The van der Waals surface area contributed by atoms with E-state index in [9.17, 15) is 0 Å². The van der Waals surface area contributed by atoms with Gasteiger partial charge < -0.3 is 9.84 Å². The second-order valence-electron chi connectivity index (χ2n) is 2.79. The summed E-state index contributed by atoms with van der Waals surface area (Å²) in [5.41, 5.74) is 1.14. The third kappa shape index (κ3) is 3.03. The van der Waals surface area contributed by atoms with Crippen LogP contribution in [0.5, 0.6) is 0 Å². The Bertz CT molecular complexity index is 208. The molecule has 0 aliphatic heterocycles. The SMILES string of the molecule is C[C@H](CO)OCc1ccccc1. The average molecular weight is 166 g/mol. The van der Waals surface area contributed by atoms with Crippen molar-refractivity contribution in [1.82, 2.24) is 0 Å². The fraction of sp³-hybridized carbons (Fsp3) is 0.400. The Morgan fingerprint density at radius 2 is 2.00 bits per heavy atom. The van der Waals surface area contributed by atoms with Crippen molar-refractivity contribution < 1.29 is 9.84 Å². The molecule has 1 aromatic rings. The summed E-state index contributed by atoms with van der Waals surface area (Å²) in [6.07, 6.45) is -0.0785. The van der Waals surface area contributed by atoms with E-state index in [0.717, 1.165) is 5.56 Å². The summed E-state index contributed by atoms with van der Waals surface area (Å²) in [4.78, 5) is 0. The minimum Gasteiger partial charge on any atom is -0.394 e. The summed E-state index contributed by atoms with van der Waals surface area (Å²) in [7, 11) is 0. The van der Waals surface area contributed by atoms with E-state index in [1.807, 2.05) is 37.3 Å². The molecule has 0 radical (unpaired) electrons. The molecule has 0 unspecified atom stereocenters. The highest BCUT2D eigenvalue weighted by molar-refractivity contribution is 5.13. The minimum absolute atomic E-state index is 0.0762. The van der Waals surface area contributed by atoms with Crippen molar-refractivity contribution in [2.45, 2.75) is 19.6 Å². The molecule has 2 nitrogen and oxygen atoms in total. The molecule has 1 rings (SSSR count). The van der Waals surface area contributed by atoms with Gasteiger partial charge in [-0.1, -0.05) is 30.3 Å². The first kappa shape index (κ1) is 9.23. The van der Waals surface area contributed by atoms with Gasteiger partial charge in [-0.05, 0) is 12.5 Å². The van der Waals surface area contributed by atoms with Gasteiger partial charge in [-0.15, -0.1) is 0 Å². The Morgan fingerprint density at radius 1 is 1.33 bits per heavy atom. The van der Waals surface area contributed by atoms with Crippen molar-refractivity contribution in [2.75, 3.05) is 6.61 Å². The van der Waals surface area contributed by atoms with E-state index in [-0.39, 0.29) is 12.7 Å². The van der Waals surface area contributed by atoms with Crippen LogP contribution >= 0.6 is 0 Å². The van der Waals surface area contributed by atoms with E-state index in [4.69, 9.17) is 9.84 Å². The number of rotatable bonds is 4. The highest BCUT2D eigenvalue weighted by atomic mass is 16.5. The monoisotopic (exact) mass is 166 g/mol. The molecule has 0 saturated heterocycles. The normalized spacial score (nSPS) is 12.8. The fourth-order valence-electron chi connectivity index (χ4n) is 0.865. The van der Waals surface area contributed by atoms with Gasteiger partial charge in [0.05, 0.1) is 19.3 Å². The number of aliphatic hydroxyl groups is 1. The van der Waals surface area contributed by atoms with Crippen molar-refractivity contribution >= 4 is 0 Å². The molecule has 1 aromatic carbocycles. The van der Waals surface area contributed by atoms with Crippen LogP contribution in [0.3, 0.4) is 0 Å². The Morgan fingerprint density at radius 3 is 2.58 bits per heavy atom. The maximum Gasteiger partial charge on any atom is 0.0782 e. The second-order valence-corrected chi connectivity index (χ2v) is 2.79. The van der Waals surface area contributed by atoms with E-state index >= 15 is 0 Å². The average Bonchev–Trinajstić information content (AvgIpc) is 2.16. The maximum absolute atomic E-state index is 8.69. The van der Waals surface area contributed by atoms with E-state index in [1.54, 1.807) is 0 Å². The summed E-state index contributed by atoms with van der Waals surface area (Å²) >= 11 is 0. The van der Waals surface area contributed by atoms with Crippen molar-refractivity contribution in [3.05, 3.63) is 35.9 Å². The lowest BCUT2D eigenvalue weighted by molar-refractivity contribution is 0.0145. The Labute approximate surface area is 72.8 Å². The van der Waals surface area contributed by atoms with Gasteiger partial charge in [-0.3, -0.25) is 0 Å². The van der Waals surface area contributed by atoms with Gasteiger partial charge in [0.15, 0.2) is 0 Å². The topological polar surface area (TPSA) is 29.5 Å². The van der Waals surface area contributed by atoms with Crippen LogP contribution in [-0.4, -0.2) is 17.8 Å². The molecule has 0 aliphatic rings. The van der Waals surface area contributed by atoms with E-state index < -0.39 is 0 Å². The van der Waals surface area contributed by atoms with E-state index in [2.05, 4.69) is 0 Å². The lowest BCUT2D eigenvalue weighted by atomic mass is 10.2. The Kier molecular flexibility index (Phi) is 3.77. The third-order valence-electron chi connectivity index (χ3n) is 1.63. The number of aliphatic hydroxyl groups excluding tert-OH is 1. The van der Waals surface area contributed by atoms with Crippen molar-refractivity contribution in [2.24, 2.45) is 0 Å². The van der Waals surface area contributed by atoms with Crippen LogP contribution in [0, 0.1) is 0 Å². The molecule has 0 amide bonds. The van der Waals surface area contributed by atoms with Gasteiger partial charge in [0.2, 0.25) is 0 Å². The predicted octanol–water partition coefficient (Wildman–Crippen LogP) is 1.58. The van der Waals surface area contributed by atoms with Crippen LogP contribution in [0.4, 0.5) is 0 Å². The summed E-state index contributed by atoms with van der Waals surface area (Å²) in [5, 5.41) is 8.69. The van der Waals surface area contributed by atoms with Gasteiger partial charge in [0, 0.05) is 0 Å². The first-order chi connectivity index (χ1) is 5.83. The van der Waals surface area contributed by atoms with Gasteiger partial charge >= 0.3 is 0 Å². The first-order valence-electron chi connectivity index (χ1n) is 4.09. The minimum atomic E-state index is -0.0785. The van der Waals surface area contributed by atoms with Crippen LogP contribution in [-0.2, 0) is 11.3 Å². The number of hydrogen-bond donors (Lipinski definition) is 1. The van der Waals surface area contributed by atoms with Crippen molar-refractivity contribution in [3.8, 4) is 0 Å². The maximum atomic E-state index is 8.69. The lowest BCUT2D eigenvalue weighted by Crippen LogP contribution is -2.12. The largest absolute Gasteiger partial charge is 0.394 e. The number of benzene rings is 1. The third-order valence-corrected chi connectivity index (χ3v) is 1.63. The predicted molar refractivity (Wildman–Crippen MR) is 47.8 cm³/mol. The molecule has 66 valence electrons. The van der Waals surface area contributed by atoms with E-state index in [1.165, 1.54) is 0 Å². The Balaban J connectivity index is 2.33. The van der Waals surface area contributed by atoms with Crippen LogP contribution < -0.4 is 0 Å². The van der Waals surface area contributed by atoms with Crippen LogP contribution in [0.15, 0.2) is 30.3 Å². The molecule has 0 aromatic heterocycles. The smallest absolute Gasteiger partial charge is 0.0782 e. The molecule has 0 saturated carbocycles. The zero-order valence-corrected chi connectivity index (χ0v) is 7.23. The van der Waals surface area contributed by atoms with Crippen LogP contribution in [0.1, 0.15) is 12.5 Å². The van der Waals surface area contributed by atoms with Crippen molar-refractivity contribution in [1.29, 1.82) is 0 Å². The summed E-state index contributed by atoms with van der Waals surface area (Å²) < 4.78 is 5.33. The highest BCUT2D eigenvalue weighted by Gasteiger charge is 1.98. The molecule has 2 heteroatoms. The summed E-state index contributed by atoms with van der Waals surface area (Å²) in [5.74, 6) is 0. The molecule has 0 spiro atoms. The van der Waals surface area contributed by atoms with Gasteiger partial charge in [-0.25, -0.2) is 0 Å². The van der Waals surface area contributed by atoms with E-state index in [0.29, 0.717) is 6.61 Å². The van der Waals surface area contributed by atoms with Gasteiger partial charge in [-0.2, -0.15) is 0 Å². The number of ether oxygens (including phenoxy) is 1. The standard InChI is InChI=1S/C10H14O2/c1-9(7-11)12-8-10-5-3-2-4-6-10/h2-6,9,11H,7-8H2,1H3/t9-/m1/s1. The molecule has 0 bridgehead atoms. The zero-order valence-electron chi connectivity index (χ0n) is 7.23. The number of hydrogen-bond acceptors (Lipinski definition) is 2. The summed E-state index contributed by atoms with van der Waals surface area (Å²) in [6.45, 7) is 2.50. The second kappa shape index (κ2) is 4.91. The van der Waals surface area contributed by atoms with Gasteiger partial charge in [0.1, 0.15) is 0 Å². The quantitative estimate of drug-likeness (QED) is 0.736. The molecule has 1 atom stereocenters.